The van der Waals surface area contributed by atoms with Gasteiger partial charge in [0.25, 0.3) is 5.56 Å². The van der Waals surface area contributed by atoms with Gasteiger partial charge in [0.15, 0.2) is 0 Å². The highest BCUT2D eigenvalue weighted by Gasteiger charge is 2.16. The highest BCUT2D eigenvalue weighted by Crippen LogP contribution is 2.26. The Morgan fingerprint density at radius 2 is 1.68 bits per heavy atom. The van der Waals surface area contributed by atoms with Gasteiger partial charge in [0.1, 0.15) is 16.8 Å². The molecule has 0 unspecified atom stereocenters. The van der Waals surface area contributed by atoms with E-state index in [0.29, 0.717) is 18.6 Å². The molecule has 5 nitrogen and oxygen atoms in total. The zero-order chi connectivity index (χ0) is 21.4. The van der Waals surface area contributed by atoms with Crippen molar-refractivity contribution in [3.8, 4) is 5.75 Å². The molecular formula is C26H23N3O2. The molecule has 3 aromatic carbocycles. The van der Waals surface area contributed by atoms with Crippen LogP contribution in [-0.2, 0) is 13.1 Å². The van der Waals surface area contributed by atoms with Crippen molar-refractivity contribution in [3.05, 3.63) is 106 Å². The first-order chi connectivity index (χ1) is 15.1. The van der Waals surface area contributed by atoms with Crippen LogP contribution in [0.2, 0.25) is 0 Å². The van der Waals surface area contributed by atoms with Crippen LogP contribution in [0.1, 0.15) is 16.7 Å². The quantitative estimate of drug-likeness (QED) is 0.420. The van der Waals surface area contributed by atoms with E-state index in [2.05, 4.69) is 41.8 Å². The molecule has 5 rings (SSSR count). The molecule has 0 bridgehead atoms. The van der Waals surface area contributed by atoms with Gasteiger partial charge in [-0.1, -0.05) is 60.2 Å². The van der Waals surface area contributed by atoms with Gasteiger partial charge in [0, 0.05) is 11.9 Å². The molecule has 31 heavy (non-hydrogen) atoms. The first kappa shape index (κ1) is 19.1. The molecule has 0 amide bonds. The summed E-state index contributed by atoms with van der Waals surface area (Å²) in [5.41, 5.74) is 5.70. The smallest absolute Gasteiger partial charge is 0.278 e. The van der Waals surface area contributed by atoms with Crippen LogP contribution in [0.4, 0.5) is 0 Å². The molecule has 0 saturated heterocycles. The fourth-order valence-electron chi connectivity index (χ4n) is 4.19. The number of benzene rings is 3. The average molecular weight is 409 g/mol. The largest absolute Gasteiger partial charge is 0.497 e. The summed E-state index contributed by atoms with van der Waals surface area (Å²) in [7, 11) is 1.64. The van der Waals surface area contributed by atoms with Crippen molar-refractivity contribution in [1.82, 2.24) is 14.1 Å². The lowest BCUT2D eigenvalue weighted by Crippen LogP contribution is -2.23. The van der Waals surface area contributed by atoms with E-state index >= 15 is 0 Å². The molecule has 2 heterocycles. The molecule has 0 spiro atoms. The number of methoxy groups -OCH3 is 1. The van der Waals surface area contributed by atoms with Crippen molar-refractivity contribution < 1.29 is 4.74 Å². The molecule has 0 radical (unpaired) electrons. The summed E-state index contributed by atoms with van der Waals surface area (Å²) >= 11 is 0. The van der Waals surface area contributed by atoms with E-state index in [4.69, 9.17) is 9.72 Å². The number of nitrogens with zero attached hydrogens (tertiary/aromatic N) is 3. The predicted octanol–water partition coefficient (Wildman–Crippen LogP) is 4.76. The average Bonchev–Trinajstić information content (AvgIpc) is 3.10. The molecule has 2 aromatic heterocycles. The lowest BCUT2D eigenvalue weighted by molar-refractivity contribution is 0.414. The van der Waals surface area contributed by atoms with Gasteiger partial charge >= 0.3 is 0 Å². The number of hydrogen-bond donors (Lipinski definition) is 0. The molecule has 154 valence electrons. The van der Waals surface area contributed by atoms with Crippen LogP contribution in [0.3, 0.4) is 0 Å². The minimum absolute atomic E-state index is 0.0447. The number of hydrogen-bond acceptors (Lipinski definition) is 3. The maximum atomic E-state index is 13.6. The molecule has 0 saturated carbocycles. The summed E-state index contributed by atoms with van der Waals surface area (Å²) in [6.45, 7) is 3.13. The zero-order valence-corrected chi connectivity index (χ0v) is 17.6. The zero-order valence-electron chi connectivity index (χ0n) is 17.6. The normalized spacial score (nSPS) is 11.3. The summed E-state index contributed by atoms with van der Waals surface area (Å²) in [5, 5.41) is 0.996. The number of para-hydroxylation sites is 1. The van der Waals surface area contributed by atoms with E-state index in [-0.39, 0.29) is 5.56 Å². The van der Waals surface area contributed by atoms with E-state index in [1.807, 2.05) is 42.5 Å². The van der Waals surface area contributed by atoms with Gasteiger partial charge in [-0.05, 0) is 36.2 Å². The van der Waals surface area contributed by atoms with E-state index in [1.54, 1.807) is 18.0 Å². The third-order valence-corrected chi connectivity index (χ3v) is 5.64. The third kappa shape index (κ3) is 3.48. The molecule has 5 aromatic rings. The van der Waals surface area contributed by atoms with Crippen LogP contribution in [0.5, 0.6) is 5.75 Å². The molecule has 0 aliphatic rings. The first-order valence-electron chi connectivity index (χ1n) is 10.3. The Kier molecular flexibility index (Phi) is 4.79. The van der Waals surface area contributed by atoms with Crippen molar-refractivity contribution in [1.29, 1.82) is 0 Å². The number of aryl methyl sites for hydroxylation is 1. The summed E-state index contributed by atoms with van der Waals surface area (Å²) in [5.74, 6) is 0.771. The summed E-state index contributed by atoms with van der Waals surface area (Å²) < 4.78 is 9.08. The Balaban J connectivity index is 1.68. The van der Waals surface area contributed by atoms with Gasteiger partial charge in [-0.15, -0.1) is 0 Å². The second kappa shape index (κ2) is 7.76. The fourth-order valence-corrected chi connectivity index (χ4v) is 4.19. The van der Waals surface area contributed by atoms with Crippen LogP contribution < -0.4 is 10.3 Å². The Bertz CT molecular complexity index is 1460. The van der Waals surface area contributed by atoms with Gasteiger partial charge in [-0.3, -0.25) is 9.36 Å². The Hall–Kier alpha value is -3.86. The van der Waals surface area contributed by atoms with E-state index in [9.17, 15) is 4.79 Å². The van der Waals surface area contributed by atoms with E-state index in [1.165, 1.54) is 5.56 Å². The van der Waals surface area contributed by atoms with Gasteiger partial charge in [-0.2, -0.15) is 0 Å². The van der Waals surface area contributed by atoms with Crippen molar-refractivity contribution in [3.63, 3.8) is 0 Å². The third-order valence-electron chi connectivity index (χ3n) is 5.64. The molecule has 0 aliphatic carbocycles. The van der Waals surface area contributed by atoms with Crippen LogP contribution in [0.15, 0.2) is 83.9 Å². The highest BCUT2D eigenvalue weighted by atomic mass is 16.5. The van der Waals surface area contributed by atoms with Crippen LogP contribution in [-0.4, -0.2) is 21.2 Å². The van der Waals surface area contributed by atoms with Crippen LogP contribution >= 0.6 is 0 Å². The van der Waals surface area contributed by atoms with Gasteiger partial charge in [0.2, 0.25) is 0 Å². The highest BCUT2D eigenvalue weighted by molar-refractivity contribution is 6.05. The summed E-state index contributed by atoms with van der Waals surface area (Å²) in [6.07, 6.45) is 1.65. The van der Waals surface area contributed by atoms with E-state index in [0.717, 1.165) is 33.3 Å². The Labute approximate surface area is 180 Å². The minimum Gasteiger partial charge on any atom is -0.497 e. The minimum atomic E-state index is -0.0447. The predicted molar refractivity (Wildman–Crippen MR) is 124 cm³/mol. The van der Waals surface area contributed by atoms with Crippen molar-refractivity contribution in [2.75, 3.05) is 7.11 Å². The number of rotatable bonds is 5. The molecular weight excluding hydrogens is 386 g/mol. The molecule has 5 heteroatoms. The second-order valence-electron chi connectivity index (χ2n) is 7.82. The Morgan fingerprint density at radius 3 is 2.48 bits per heavy atom. The van der Waals surface area contributed by atoms with Crippen LogP contribution in [0, 0.1) is 6.92 Å². The number of aromatic nitrogens is 3. The summed E-state index contributed by atoms with van der Waals surface area (Å²) in [6, 6.07) is 24.2. The van der Waals surface area contributed by atoms with E-state index < -0.39 is 0 Å². The molecule has 0 N–H and O–H groups in total. The molecule has 0 aliphatic heterocycles. The van der Waals surface area contributed by atoms with Crippen molar-refractivity contribution >= 4 is 21.9 Å². The standard InChI is InChI=1S/C26H23N3O2/c1-18-7-5-8-19(13-18)16-29-23-12-4-3-11-22(23)24-25(29)26(30)28(17-27-24)15-20-9-6-10-21(14-20)31-2/h3-14,17H,15-16H2,1-2H3. The van der Waals surface area contributed by atoms with Gasteiger partial charge in [0.05, 0.1) is 25.5 Å². The monoisotopic (exact) mass is 409 g/mol. The first-order valence-corrected chi connectivity index (χ1v) is 10.3. The number of fused-ring (bicyclic) bond motifs is 3. The topological polar surface area (TPSA) is 49.0 Å². The van der Waals surface area contributed by atoms with Crippen molar-refractivity contribution in [2.24, 2.45) is 0 Å². The Morgan fingerprint density at radius 1 is 0.903 bits per heavy atom. The number of ether oxygens (including phenoxy) is 1. The maximum Gasteiger partial charge on any atom is 0.278 e. The lowest BCUT2D eigenvalue weighted by Gasteiger charge is -2.10. The molecule has 0 fully saturated rings. The van der Waals surface area contributed by atoms with Gasteiger partial charge < -0.3 is 9.30 Å². The molecule has 0 atom stereocenters. The fraction of sp³-hybridized carbons (Fsp3) is 0.154. The van der Waals surface area contributed by atoms with Crippen molar-refractivity contribution in [2.45, 2.75) is 20.0 Å². The SMILES string of the molecule is COc1cccc(Cn2cnc3c4ccccc4n(Cc4cccc(C)c4)c3c2=O)c1. The summed E-state index contributed by atoms with van der Waals surface area (Å²) in [4.78, 5) is 18.3. The van der Waals surface area contributed by atoms with Gasteiger partial charge in [-0.25, -0.2) is 4.98 Å². The maximum absolute atomic E-state index is 13.6. The lowest BCUT2D eigenvalue weighted by atomic mass is 10.1. The van der Waals surface area contributed by atoms with Crippen LogP contribution in [0.25, 0.3) is 21.9 Å². The second-order valence-corrected chi connectivity index (χ2v) is 7.82.